The number of nitriles is 1. The van der Waals surface area contributed by atoms with Crippen LogP contribution in [0.25, 0.3) is 0 Å². The molecule has 0 unspecified atom stereocenters. The van der Waals surface area contributed by atoms with Crippen LogP contribution in [0.3, 0.4) is 0 Å². The molecule has 0 aliphatic heterocycles. The summed E-state index contributed by atoms with van der Waals surface area (Å²) in [7, 11) is 0. The molecule has 1 amide bonds. The molecule has 2 rings (SSSR count). The third-order valence-electron chi connectivity index (χ3n) is 3.44. The lowest BCUT2D eigenvalue weighted by Crippen LogP contribution is -2.15. The van der Waals surface area contributed by atoms with E-state index in [1.165, 1.54) is 6.20 Å². The van der Waals surface area contributed by atoms with Crippen molar-refractivity contribution in [2.24, 2.45) is 0 Å². The van der Waals surface area contributed by atoms with E-state index < -0.39 is 11.9 Å². The second-order valence-electron chi connectivity index (χ2n) is 5.40. The normalized spacial score (nSPS) is 10.6. The number of ether oxygens (including phenoxy) is 1. The molecule has 26 heavy (non-hydrogen) atoms. The van der Waals surface area contributed by atoms with Crippen LogP contribution in [-0.2, 0) is 9.53 Å². The predicted octanol–water partition coefficient (Wildman–Crippen LogP) is 3.63. The Balaban J connectivity index is 2.16. The van der Waals surface area contributed by atoms with E-state index >= 15 is 0 Å². The third-order valence-corrected chi connectivity index (χ3v) is 3.44. The molecule has 0 bridgehead atoms. The smallest absolute Gasteiger partial charge is 0.340 e. The quantitative estimate of drug-likeness (QED) is 0.472. The van der Waals surface area contributed by atoms with Crippen molar-refractivity contribution in [1.82, 2.24) is 0 Å². The van der Waals surface area contributed by atoms with Crippen molar-refractivity contribution in [2.75, 3.05) is 17.2 Å². The average molecular weight is 349 g/mol. The number of nitrogens with one attached hydrogen (secondary N) is 2. The predicted molar refractivity (Wildman–Crippen MR) is 99.5 cm³/mol. The zero-order valence-electron chi connectivity index (χ0n) is 14.6. The number of nitrogens with zero attached hydrogens (tertiary/aromatic N) is 1. The number of hydrogen-bond donors (Lipinski definition) is 2. The molecule has 0 heterocycles. The topological polar surface area (TPSA) is 91.2 Å². The minimum atomic E-state index is -0.542. The van der Waals surface area contributed by atoms with E-state index in [-0.39, 0.29) is 12.2 Å². The first-order valence-corrected chi connectivity index (χ1v) is 8.06. The summed E-state index contributed by atoms with van der Waals surface area (Å²) in [5.41, 5.74) is 2.24. The van der Waals surface area contributed by atoms with E-state index in [1.54, 1.807) is 43.3 Å². The lowest BCUT2D eigenvalue weighted by Gasteiger charge is -2.09. The van der Waals surface area contributed by atoms with Crippen LogP contribution < -0.4 is 10.6 Å². The van der Waals surface area contributed by atoms with E-state index in [4.69, 9.17) is 4.74 Å². The summed E-state index contributed by atoms with van der Waals surface area (Å²) in [6.45, 7) is 3.88. The fourth-order valence-electron chi connectivity index (χ4n) is 2.22. The SMILES string of the molecule is CCOC(=O)c1ccccc1N/C=C(/C#N)C(=O)Nc1cccc(C)c1. The van der Waals surface area contributed by atoms with Crippen molar-refractivity contribution in [3.63, 3.8) is 0 Å². The standard InChI is InChI=1S/C20H19N3O3/c1-3-26-20(25)17-9-4-5-10-18(17)22-13-15(12-21)19(24)23-16-8-6-7-14(2)11-16/h4-11,13,22H,3H2,1-2H3,(H,23,24)/b15-13-. The van der Waals surface area contributed by atoms with Crippen LogP contribution in [0.5, 0.6) is 0 Å². The Morgan fingerprint density at radius 2 is 1.96 bits per heavy atom. The highest BCUT2D eigenvalue weighted by molar-refractivity contribution is 6.07. The summed E-state index contributed by atoms with van der Waals surface area (Å²) in [4.78, 5) is 24.2. The molecule has 0 fully saturated rings. The Kier molecular flexibility index (Phi) is 6.52. The van der Waals surface area contributed by atoms with Gasteiger partial charge in [0.2, 0.25) is 0 Å². The first-order chi connectivity index (χ1) is 12.5. The van der Waals surface area contributed by atoms with Gasteiger partial charge in [-0.05, 0) is 43.7 Å². The lowest BCUT2D eigenvalue weighted by molar-refractivity contribution is -0.112. The van der Waals surface area contributed by atoms with Gasteiger partial charge >= 0.3 is 5.97 Å². The number of rotatable bonds is 6. The largest absolute Gasteiger partial charge is 0.462 e. The van der Waals surface area contributed by atoms with E-state index in [9.17, 15) is 14.9 Å². The number of carbonyl (C=O) groups is 2. The molecule has 0 aliphatic carbocycles. The Labute approximate surface area is 152 Å². The average Bonchev–Trinajstić information content (AvgIpc) is 2.62. The van der Waals surface area contributed by atoms with Gasteiger partial charge in [-0.2, -0.15) is 5.26 Å². The number of anilines is 2. The summed E-state index contributed by atoms with van der Waals surface area (Å²) in [5, 5.41) is 14.8. The van der Waals surface area contributed by atoms with Gasteiger partial charge in [-0.15, -0.1) is 0 Å². The first kappa shape index (κ1) is 18.7. The molecule has 6 nitrogen and oxygen atoms in total. The molecule has 6 heteroatoms. The molecule has 0 radical (unpaired) electrons. The third kappa shape index (κ3) is 4.95. The van der Waals surface area contributed by atoms with E-state index in [2.05, 4.69) is 10.6 Å². The van der Waals surface area contributed by atoms with Gasteiger partial charge in [-0.1, -0.05) is 24.3 Å². The van der Waals surface area contributed by atoms with Gasteiger partial charge in [0, 0.05) is 11.9 Å². The number of esters is 1. The molecule has 132 valence electrons. The van der Waals surface area contributed by atoms with Crippen LogP contribution in [0.2, 0.25) is 0 Å². The summed E-state index contributed by atoms with van der Waals surface area (Å²) < 4.78 is 5.00. The highest BCUT2D eigenvalue weighted by Crippen LogP contribution is 2.17. The Morgan fingerprint density at radius 1 is 1.19 bits per heavy atom. The second kappa shape index (κ2) is 9.04. The minimum absolute atomic E-state index is 0.120. The zero-order chi connectivity index (χ0) is 18.9. The molecule has 0 spiro atoms. The summed E-state index contributed by atoms with van der Waals surface area (Å²) in [5.74, 6) is -1.02. The first-order valence-electron chi connectivity index (χ1n) is 8.06. The zero-order valence-corrected chi connectivity index (χ0v) is 14.6. The van der Waals surface area contributed by atoms with Gasteiger partial charge in [-0.3, -0.25) is 4.79 Å². The maximum atomic E-state index is 12.3. The van der Waals surface area contributed by atoms with Crippen molar-refractivity contribution < 1.29 is 14.3 Å². The van der Waals surface area contributed by atoms with E-state index in [0.717, 1.165) is 5.56 Å². The molecule has 0 atom stereocenters. The van der Waals surface area contributed by atoms with Crippen LogP contribution in [0.4, 0.5) is 11.4 Å². The highest BCUT2D eigenvalue weighted by atomic mass is 16.5. The number of benzene rings is 2. The van der Waals surface area contributed by atoms with Crippen molar-refractivity contribution in [3.8, 4) is 6.07 Å². The number of amides is 1. The number of aryl methyl sites for hydroxylation is 1. The number of carbonyl (C=O) groups excluding carboxylic acids is 2. The molecule has 0 aliphatic rings. The van der Waals surface area contributed by atoms with Crippen LogP contribution in [0.15, 0.2) is 60.3 Å². The van der Waals surface area contributed by atoms with Gasteiger partial charge < -0.3 is 15.4 Å². The number of para-hydroxylation sites is 1. The summed E-state index contributed by atoms with van der Waals surface area (Å²) in [6, 6.07) is 15.8. The molecule has 0 saturated carbocycles. The number of hydrogen-bond acceptors (Lipinski definition) is 5. The van der Waals surface area contributed by atoms with Crippen LogP contribution in [0, 0.1) is 18.3 Å². The molecule has 2 aromatic rings. The molecule has 2 aromatic carbocycles. The molecule has 2 N–H and O–H groups in total. The van der Waals surface area contributed by atoms with Crippen molar-refractivity contribution in [3.05, 3.63) is 71.4 Å². The molecular weight excluding hydrogens is 330 g/mol. The van der Waals surface area contributed by atoms with Gasteiger partial charge in [0.25, 0.3) is 5.91 Å². The van der Waals surface area contributed by atoms with Gasteiger partial charge in [0.15, 0.2) is 0 Å². The van der Waals surface area contributed by atoms with Crippen molar-refractivity contribution in [1.29, 1.82) is 5.26 Å². The molecule has 0 saturated heterocycles. The Hall–Kier alpha value is -3.59. The van der Waals surface area contributed by atoms with Crippen LogP contribution in [-0.4, -0.2) is 18.5 Å². The van der Waals surface area contributed by atoms with E-state index in [1.807, 2.05) is 25.1 Å². The maximum absolute atomic E-state index is 12.3. The monoisotopic (exact) mass is 349 g/mol. The molecule has 0 aromatic heterocycles. The lowest BCUT2D eigenvalue weighted by atomic mass is 10.1. The Bertz CT molecular complexity index is 882. The summed E-state index contributed by atoms with van der Waals surface area (Å²) in [6.07, 6.45) is 1.27. The fraction of sp³-hybridized carbons (Fsp3) is 0.150. The molecular formula is C20H19N3O3. The van der Waals surface area contributed by atoms with Crippen LogP contribution >= 0.6 is 0 Å². The van der Waals surface area contributed by atoms with Crippen molar-refractivity contribution in [2.45, 2.75) is 13.8 Å². The Morgan fingerprint density at radius 3 is 2.65 bits per heavy atom. The fourth-order valence-corrected chi connectivity index (χ4v) is 2.22. The minimum Gasteiger partial charge on any atom is -0.462 e. The second-order valence-corrected chi connectivity index (χ2v) is 5.40. The van der Waals surface area contributed by atoms with Gasteiger partial charge in [0.1, 0.15) is 11.6 Å². The maximum Gasteiger partial charge on any atom is 0.340 e. The summed E-state index contributed by atoms with van der Waals surface area (Å²) >= 11 is 0. The van der Waals surface area contributed by atoms with Gasteiger partial charge in [0.05, 0.1) is 17.9 Å². The van der Waals surface area contributed by atoms with Crippen LogP contribution in [0.1, 0.15) is 22.8 Å². The van der Waals surface area contributed by atoms with Gasteiger partial charge in [-0.25, -0.2) is 4.79 Å². The van der Waals surface area contributed by atoms with Crippen molar-refractivity contribution >= 4 is 23.3 Å². The van der Waals surface area contributed by atoms with E-state index in [0.29, 0.717) is 16.9 Å². The highest BCUT2D eigenvalue weighted by Gasteiger charge is 2.13.